The molecule has 0 saturated carbocycles. The lowest BCUT2D eigenvalue weighted by Crippen LogP contribution is -2.29. The van der Waals surface area contributed by atoms with Gasteiger partial charge >= 0.3 is 5.97 Å². The smallest absolute Gasteiger partial charge is 0.305 e. The van der Waals surface area contributed by atoms with Gasteiger partial charge in [0.2, 0.25) is 5.95 Å². The Hall–Kier alpha value is -1.98. The second kappa shape index (κ2) is 5.20. The molecular weight excluding hydrogens is 215 g/mol. The number of aliphatic carboxylic acids is 1. The first-order valence-corrected chi connectivity index (χ1v) is 4.60. The van der Waals surface area contributed by atoms with Crippen molar-refractivity contribution in [2.75, 3.05) is 13.6 Å². The Morgan fingerprint density at radius 2 is 2.25 bits per heavy atom. The summed E-state index contributed by atoms with van der Waals surface area (Å²) in [6.07, 6.45) is 1.06. The Kier molecular flexibility index (Phi) is 3.93. The van der Waals surface area contributed by atoms with Crippen LogP contribution in [0.2, 0.25) is 0 Å². The van der Waals surface area contributed by atoms with Gasteiger partial charge in [-0.3, -0.25) is 9.59 Å². The van der Waals surface area contributed by atoms with Crippen LogP contribution in [0, 0.1) is 5.95 Å². The Bertz CT molecular complexity index is 409. The minimum Gasteiger partial charge on any atom is -0.481 e. The van der Waals surface area contributed by atoms with Gasteiger partial charge in [0.1, 0.15) is 0 Å². The lowest BCUT2D eigenvalue weighted by molar-refractivity contribution is -0.137. The molecule has 0 aromatic carbocycles. The summed E-state index contributed by atoms with van der Waals surface area (Å²) in [5.74, 6) is -2.44. The van der Waals surface area contributed by atoms with E-state index < -0.39 is 17.8 Å². The molecule has 0 fully saturated rings. The van der Waals surface area contributed by atoms with Crippen LogP contribution >= 0.6 is 0 Å². The normalized spacial score (nSPS) is 9.88. The van der Waals surface area contributed by atoms with Crippen molar-refractivity contribution in [3.8, 4) is 0 Å². The highest BCUT2D eigenvalue weighted by molar-refractivity contribution is 5.94. The van der Waals surface area contributed by atoms with Crippen LogP contribution in [-0.4, -0.2) is 40.5 Å². The molecule has 1 N–H and O–H groups in total. The number of hydrogen-bond acceptors (Lipinski definition) is 3. The second-order valence-electron chi connectivity index (χ2n) is 3.21. The summed E-state index contributed by atoms with van der Waals surface area (Å²) < 4.78 is 13.1. The molecule has 0 atom stereocenters. The topological polar surface area (TPSA) is 70.5 Å². The molecule has 0 aliphatic rings. The first-order valence-electron chi connectivity index (χ1n) is 4.60. The van der Waals surface area contributed by atoms with Gasteiger partial charge in [-0.2, -0.15) is 4.39 Å². The van der Waals surface area contributed by atoms with Crippen molar-refractivity contribution >= 4 is 11.9 Å². The number of hydrogen-bond donors (Lipinski definition) is 1. The zero-order chi connectivity index (χ0) is 12.1. The SMILES string of the molecule is CN(CCC(=O)O)C(=O)c1cccnc1F. The van der Waals surface area contributed by atoms with Gasteiger partial charge in [-0.05, 0) is 12.1 Å². The van der Waals surface area contributed by atoms with E-state index in [9.17, 15) is 14.0 Å². The fraction of sp³-hybridized carbons (Fsp3) is 0.300. The van der Waals surface area contributed by atoms with E-state index in [0.29, 0.717) is 0 Å². The highest BCUT2D eigenvalue weighted by Crippen LogP contribution is 2.06. The van der Waals surface area contributed by atoms with Crippen molar-refractivity contribution in [1.29, 1.82) is 0 Å². The molecule has 0 bridgehead atoms. The molecule has 86 valence electrons. The lowest BCUT2D eigenvalue weighted by atomic mass is 10.2. The highest BCUT2D eigenvalue weighted by Gasteiger charge is 2.16. The molecule has 0 unspecified atom stereocenters. The van der Waals surface area contributed by atoms with Crippen molar-refractivity contribution in [3.63, 3.8) is 0 Å². The van der Waals surface area contributed by atoms with Gasteiger partial charge in [-0.1, -0.05) is 0 Å². The number of carboxylic acids is 1. The number of nitrogens with zero attached hydrogens (tertiary/aromatic N) is 2. The molecule has 5 nitrogen and oxygen atoms in total. The number of pyridine rings is 1. The van der Waals surface area contributed by atoms with E-state index in [2.05, 4.69) is 4.98 Å². The summed E-state index contributed by atoms with van der Waals surface area (Å²) >= 11 is 0. The number of carbonyl (C=O) groups excluding carboxylic acids is 1. The molecule has 1 aromatic heterocycles. The van der Waals surface area contributed by atoms with Gasteiger partial charge in [0.15, 0.2) is 0 Å². The van der Waals surface area contributed by atoms with Crippen molar-refractivity contribution in [2.24, 2.45) is 0 Å². The van der Waals surface area contributed by atoms with Gasteiger partial charge in [0.05, 0.1) is 12.0 Å². The maximum absolute atomic E-state index is 13.1. The zero-order valence-electron chi connectivity index (χ0n) is 8.68. The average Bonchev–Trinajstić information content (AvgIpc) is 2.25. The van der Waals surface area contributed by atoms with E-state index in [0.717, 1.165) is 4.90 Å². The van der Waals surface area contributed by atoms with Gasteiger partial charge in [-0.15, -0.1) is 0 Å². The third kappa shape index (κ3) is 3.01. The zero-order valence-corrected chi connectivity index (χ0v) is 8.68. The van der Waals surface area contributed by atoms with Crippen LogP contribution in [0.3, 0.4) is 0 Å². The molecule has 1 amide bonds. The van der Waals surface area contributed by atoms with Gasteiger partial charge in [0, 0.05) is 19.8 Å². The van der Waals surface area contributed by atoms with Gasteiger partial charge in [-0.25, -0.2) is 4.98 Å². The molecule has 0 radical (unpaired) electrons. The van der Waals surface area contributed by atoms with Crippen LogP contribution in [0.15, 0.2) is 18.3 Å². The van der Waals surface area contributed by atoms with Gasteiger partial charge < -0.3 is 10.0 Å². The predicted molar refractivity (Wildman–Crippen MR) is 53.4 cm³/mol. The minimum atomic E-state index is -1.01. The van der Waals surface area contributed by atoms with Crippen LogP contribution in [0.4, 0.5) is 4.39 Å². The number of aromatic nitrogens is 1. The van der Waals surface area contributed by atoms with Crippen molar-refractivity contribution < 1.29 is 19.1 Å². The maximum atomic E-state index is 13.1. The van der Waals surface area contributed by atoms with Gasteiger partial charge in [0.25, 0.3) is 5.91 Å². The highest BCUT2D eigenvalue weighted by atomic mass is 19.1. The summed E-state index contributed by atoms with van der Waals surface area (Å²) in [6.45, 7) is 0.0303. The van der Waals surface area contributed by atoms with E-state index in [1.165, 1.54) is 25.4 Å². The lowest BCUT2D eigenvalue weighted by Gasteiger charge is -2.15. The summed E-state index contributed by atoms with van der Waals surface area (Å²) in [5.41, 5.74) is -0.157. The van der Waals surface area contributed by atoms with E-state index in [1.54, 1.807) is 0 Å². The van der Waals surface area contributed by atoms with Crippen molar-refractivity contribution in [1.82, 2.24) is 9.88 Å². The Morgan fingerprint density at radius 1 is 1.56 bits per heavy atom. The standard InChI is InChI=1S/C10H11FN2O3/c1-13(6-4-8(14)15)10(16)7-3-2-5-12-9(7)11/h2-3,5H,4,6H2,1H3,(H,14,15). The molecule has 6 heteroatoms. The summed E-state index contributed by atoms with van der Waals surface area (Å²) in [5, 5.41) is 8.44. The first kappa shape index (κ1) is 12.1. The summed E-state index contributed by atoms with van der Waals surface area (Å²) in [4.78, 5) is 26.4. The minimum absolute atomic E-state index is 0.0303. The number of amides is 1. The Morgan fingerprint density at radius 3 is 2.81 bits per heavy atom. The number of carbonyl (C=O) groups is 2. The average molecular weight is 226 g/mol. The predicted octanol–water partition coefficient (Wildman–Crippen LogP) is 0.767. The van der Waals surface area contributed by atoms with Crippen LogP contribution in [0.5, 0.6) is 0 Å². The van der Waals surface area contributed by atoms with E-state index in [-0.39, 0.29) is 18.5 Å². The molecule has 1 rings (SSSR count). The largest absolute Gasteiger partial charge is 0.481 e. The monoisotopic (exact) mass is 226 g/mol. The van der Waals surface area contributed by atoms with E-state index in [4.69, 9.17) is 5.11 Å². The molecule has 16 heavy (non-hydrogen) atoms. The van der Waals surface area contributed by atoms with Crippen molar-refractivity contribution in [3.05, 3.63) is 29.8 Å². The molecule has 0 saturated heterocycles. The summed E-state index contributed by atoms with van der Waals surface area (Å²) in [6, 6.07) is 2.75. The fourth-order valence-corrected chi connectivity index (χ4v) is 1.12. The Balaban J connectivity index is 2.71. The molecule has 0 aliphatic heterocycles. The third-order valence-electron chi connectivity index (χ3n) is 2.00. The second-order valence-corrected chi connectivity index (χ2v) is 3.21. The first-order chi connectivity index (χ1) is 7.52. The number of rotatable bonds is 4. The van der Waals surface area contributed by atoms with E-state index in [1.807, 2.05) is 0 Å². The van der Waals surface area contributed by atoms with E-state index >= 15 is 0 Å². The molecule has 0 spiro atoms. The van der Waals surface area contributed by atoms with Crippen molar-refractivity contribution in [2.45, 2.75) is 6.42 Å². The summed E-state index contributed by atoms with van der Waals surface area (Å²) in [7, 11) is 1.41. The molecule has 1 aromatic rings. The van der Waals surface area contributed by atoms with Crippen LogP contribution in [-0.2, 0) is 4.79 Å². The molecular formula is C10H11FN2O3. The number of halogens is 1. The maximum Gasteiger partial charge on any atom is 0.305 e. The van der Waals surface area contributed by atoms with Crippen LogP contribution in [0.25, 0.3) is 0 Å². The Labute approximate surface area is 91.5 Å². The van der Waals surface area contributed by atoms with Crippen LogP contribution in [0.1, 0.15) is 16.8 Å². The third-order valence-corrected chi connectivity index (χ3v) is 2.00. The quantitative estimate of drug-likeness (QED) is 0.770. The van der Waals surface area contributed by atoms with Crippen LogP contribution < -0.4 is 0 Å². The molecule has 1 heterocycles. The number of carboxylic acid groups (broad SMARTS) is 1. The molecule has 0 aliphatic carbocycles. The fourth-order valence-electron chi connectivity index (χ4n) is 1.12.